The maximum absolute atomic E-state index is 10.0. The zero-order valence-corrected chi connectivity index (χ0v) is 11.4. The molecule has 0 heterocycles. The van der Waals surface area contributed by atoms with Gasteiger partial charge in [0.2, 0.25) is 0 Å². The largest absolute Gasteiger partial charge is 1.00 e. The normalized spacial score (nSPS) is 8.47. The minimum Gasteiger partial charge on any atom is -0.876 e. The van der Waals surface area contributed by atoms with Crippen molar-refractivity contribution in [2.75, 3.05) is 7.11 Å². The van der Waals surface area contributed by atoms with Crippen molar-refractivity contribution >= 4 is 17.3 Å². The summed E-state index contributed by atoms with van der Waals surface area (Å²) < 4.78 is 0. The van der Waals surface area contributed by atoms with Crippen molar-refractivity contribution in [3.05, 3.63) is 19.3 Å². The third kappa shape index (κ3) is 54.1. The molecule has 0 saturated heterocycles. The first-order valence-corrected chi connectivity index (χ1v) is 4.55. The maximum atomic E-state index is 10.0. The number of rotatable bonds is 3. The van der Waals surface area contributed by atoms with E-state index in [0.717, 1.165) is 13.2 Å². The van der Waals surface area contributed by atoms with E-state index in [4.69, 9.17) is 5.11 Å². The van der Waals surface area contributed by atoms with Crippen LogP contribution in [0.25, 0.3) is 0 Å². The summed E-state index contributed by atoms with van der Waals surface area (Å²) in [5.41, 5.74) is 0. The van der Waals surface area contributed by atoms with Gasteiger partial charge < -0.3 is 10.2 Å². The molecule has 0 unspecified atom stereocenters. The highest BCUT2D eigenvalue weighted by atomic mass is 16.3. The number of aliphatic hydroxyl groups excluding tert-OH is 1. The van der Waals surface area contributed by atoms with E-state index >= 15 is 0 Å². The van der Waals surface area contributed by atoms with Gasteiger partial charge in [-0.25, -0.2) is 0 Å². The Labute approximate surface area is 105 Å². The molecule has 0 rings (SSSR count). The van der Waals surface area contributed by atoms with Crippen LogP contribution in [0.3, 0.4) is 0 Å². The standard InChI is InChI=1S/2C5H8O2.CH4O.CH3/c2*1-4(6)3-5(2)7;1-2;/h3H2,1-2H3;3,6H,1-2H3;2H,1H3;1H3/q;;;+1/b;4-3-;;. The number of aliphatic hydroxyl groups is 1. The third-order valence-electron chi connectivity index (χ3n) is 0.904. The number of allylic oxidation sites excluding steroid dienone is 2. The Morgan fingerprint density at radius 1 is 1.06 bits per heavy atom. The van der Waals surface area contributed by atoms with Gasteiger partial charge in [-0.3, -0.25) is 14.4 Å². The fourth-order valence-electron chi connectivity index (χ4n) is 0.637. The van der Waals surface area contributed by atoms with Crippen LogP contribution < -0.4 is 5.11 Å². The SMILES string of the molecule is CC(=O)/C=C(/C)[O-].CC(=O)CC(C)=O.CO.[CH3+].[H+]. The summed E-state index contributed by atoms with van der Waals surface area (Å²) in [4.78, 5) is 30.0. The first-order chi connectivity index (χ1) is 7.25. The lowest BCUT2D eigenvalue weighted by Gasteiger charge is -1.98. The van der Waals surface area contributed by atoms with Crippen molar-refractivity contribution in [3.8, 4) is 0 Å². The van der Waals surface area contributed by atoms with Crippen molar-refractivity contribution in [3.63, 3.8) is 0 Å². The number of Topliss-reactive ketones (excluding diaryl/α,β-unsaturated/α-hetero) is 2. The van der Waals surface area contributed by atoms with Gasteiger partial charge in [0.1, 0.15) is 11.6 Å². The Morgan fingerprint density at radius 2 is 1.35 bits per heavy atom. The van der Waals surface area contributed by atoms with Gasteiger partial charge in [-0.1, -0.05) is 6.92 Å². The Balaban J connectivity index is -0.0000000500. The molecule has 0 atom stereocenters. The van der Waals surface area contributed by atoms with E-state index in [1.54, 1.807) is 0 Å². The van der Waals surface area contributed by atoms with Gasteiger partial charge in [0.25, 0.3) is 0 Å². The summed E-state index contributed by atoms with van der Waals surface area (Å²) in [6, 6.07) is 0. The molecule has 0 aliphatic carbocycles. The Hall–Kier alpha value is -1.62. The van der Waals surface area contributed by atoms with Gasteiger partial charge in [-0.2, -0.15) is 0 Å². The molecule has 100 valence electrons. The summed E-state index contributed by atoms with van der Waals surface area (Å²) in [5.74, 6) is -0.500. The molecular formula is C12H23O5+. The van der Waals surface area contributed by atoms with Crippen LogP contribution in [0.2, 0.25) is 0 Å². The molecule has 0 aliphatic heterocycles. The first kappa shape index (κ1) is 24.6. The second-order valence-corrected chi connectivity index (χ2v) is 2.95. The van der Waals surface area contributed by atoms with Crippen LogP contribution in [0.15, 0.2) is 11.8 Å². The second-order valence-electron chi connectivity index (χ2n) is 2.95. The van der Waals surface area contributed by atoms with E-state index in [9.17, 15) is 19.5 Å². The molecule has 0 aromatic carbocycles. The molecule has 0 radical (unpaired) electrons. The van der Waals surface area contributed by atoms with Crippen LogP contribution in [0.5, 0.6) is 0 Å². The minimum absolute atomic E-state index is 0. The summed E-state index contributed by atoms with van der Waals surface area (Å²) in [7, 11) is 1.00. The third-order valence-corrected chi connectivity index (χ3v) is 0.904. The Kier molecular flexibility index (Phi) is 24.3. The molecule has 5 nitrogen and oxygen atoms in total. The number of carbonyl (C=O) groups excluding carboxylic acids is 3. The molecule has 0 saturated carbocycles. The second kappa shape index (κ2) is 16.8. The van der Waals surface area contributed by atoms with Crippen LogP contribution in [0.4, 0.5) is 0 Å². The molecule has 0 fully saturated rings. The lowest BCUT2D eigenvalue weighted by atomic mass is 10.2. The smallest absolute Gasteiger partial charge is 0.876 e. The van der Waals surface area contributed by atoms with Crippen molar-refractivity contribution < 1.29 is 26.0 Å². The van der Waals surface area contributed by atoms with Gasteiger partial charge in [-0.05, 0) is 26.8 Å². The van der Waals surface area contributed by atoms with Gasteiger partial charge in [-0.15, -0.1) is 5.76 Å². The zero-order valence-electron chi connectivity index (χ0n) is 12.4. The van der Waals surface area contributed by atoms with Crippen LogP contribution in [-0.2, 0) is 14.4 Å². The van der Waals surface area contributed by atoms with Gasteiger partial charge in [0, 0.05) is 14.5 Å². The van der Waals surface area contributed by atoms with Crippen molar-refractivity contribution in [1.82, 2.24) is 0 Å². The molecule has 1 N–H and O–H groups in total. The van der Waals surface area contributed by atoms with Crippen molar-refractivity contribution in [2.45, 2.75) is 34.1 Å². The van der Waals surface area contributed by atoms with E-state index in [0.29, 0.717) is 0 Å². The molecular weight excluding hydrogens is 224 g/mol. The molecule has 0 amide bonds. The predicted molar refractivity (Wildman–Crippen MR) is 66.1 cm³/mol. The van der Waals surface area contributed by atoms with Crippen molar-refractivity contribution in [1.29, 1.82) is 0 Å². The average molecular weight is 247 g/mol. The van der Waals surface area contributed by atoms with E-state index < -0.39 is 0 Å². The predicted octanol–water partition coefficient (Wildman–Crippen LogP) is 0.565. The number of hydrogen-bond donors (Lipinski definition) is 1. The number of carbonyl (C=O) groups is 3. The number of ketones is 3. The van der Waals surface area contributed by atoms with E-state index in [1.165, 1.54) is 27.7 Å². The monoisotopic (exact) mass is 247 g/mol. The molecule has 0 aromatic rings. The maximum Gasteiger partial charge on any atom is 1.00 e. The average Bonchev–Trinajstić information content (AvgIpc) is 2.03. The fourth-order valence-corrected chi connectivity index (χ4v) is 0.637. The molecule has 0 aromatic heterocycles. The fraction of sp³-hybridized carbons (Fsp3) is 0.500. The van der Waals surface area contributed by atoms with E-state index in [1.807, 2.05) is 0 Å². The quantitative estimate of drug-likeness (QED) is 0.340. The number of hydrogen-bond acceptors (Lipinski definition) is 5. The molecule has 5 heteroatoms. The minimum atomic E-state index is -0.187. The summed E-state index contributed by atoms with van der Waals surface area (Å²) in [6.07, 6.45) is 1.14. The Bertz CT molecular complexity index is 243. The van der Waals surface area contributed by atoms with Gasteiger partial charge >= 0.3 is 1.43 Å². The van der Waals surface area contributed by atoms with Crippen LogP contribution in [0, 0.1) is 7.43 Å². The highest BCUT2D eigenvalue weighted by molar-refractivity contribution is 5.96. The topological polar surface area (TPSA) is 94.5 Å². The molecule has 0 spiro atoms. The molecule has 0 bridgehead atoms. The first-order valence-electron chi connectivity index (χ1n) is 4.55. The highest BCUT2D eigenvalue weighted by Gasteiger charge is 1.94. The summed E-state index contributed by atoms with van der Waals surface area (Å²) in [5, 5.41) is 17.0. The lowest BCUT2D eigenvalue weighted by molar-refractivity contribution is -0.301. The summed E-state index contributed by atoms with van der Waals surface area (Å²) >= 11 is 0. The zero-order chi connectivity index (χ0) is 13.7. The van der Waals surface area contributed by atoms with Crippen LogP contribution in [0.1, 0.15) is 35.5 Å². The van der Waals surface area contributed by atoms with Crippen LogP contribution >= 0.6 is 0 Å². The van der Waals surface area contributed by atoms with E-state index in [2.05, 4.69) is 0 Å². The Morgan fingerprint density at radius 3 is 1.35 bits per heavy atom. The summed E-state index contributed by atoms with van der Waals surface area (Å²) in [6.45, 7) is 5.51. The van der Waals surface area contributed by atoms with Crippen molar-refractivity contribution in [2.24, 2.45) is 0 Å². The van der Waals surface area contributed by atoms with Gasteiger partial charge in [0.05, 0.1) is 6.42 Å². The highest BCUT2D eigenvalue weighted by Crippen LogP contribution is 1.80. The van der Waals surface area contributed by atoms with E-state index in [-0.39, 0.29) is 38.4 Å². The molecule has 17 heavy (non-hydrogen) atoms. The lowest BCUT2D eigenvalue weighted by Crippen LogP contribution is -1.99. The van der Waals surface area contributed by atoms with Gasteiger partial charge in [0.15, 0.2) is 5.78 Å². The van der Waals surface area contributed by atoms with Crippen LogP contribution in [-0.4, -0.2) is 29.6 Å². The molecule has 0 aliphatic rings.